The third-order valence-electron chi connectivity index (χ3n) is 8.29. The van der Waals surface area contributed by atoms with Crippen molar-refractivity contribution in [3.63, 3.8) is 0 Å². The molecule has 192 valence electrons. The first-order chi connectivity index (χ1) is 16.3. The van der Waals surface area contributed by atoms with Gasteiger partial charge in [-0.3, -0.25) is 14.4 Å². The first-order valence-electron chi connectivity index (χ1n) is 12.1. The molecule has 0 bridgehead atoms. The average Bonchev–Trinajstić information content (AvgIpc) is 2.68. The van der Waals surface area contributed by atoms with Crippen molar-refractivity contribution < 1.29 is 34.8 Å². The van der Waals surface area contributed by atoms with Crippen LogP contribution in [0.1, 0.15) is 88.4 Å². The Labute approximate surface area is 210 Å². The molecule has 0 saturated heterocycles. The van der Waals surface area contributed by atoms with Crippen LogP contribution in [0.4, 0.5) is 0 Å². The van der Waals surface area contributed by atoms with Gasteiger partial charge < -0.3 is 20.4 Å². The molecular formula is C29H34O7. The number of Topliss-reactive ketones (excluding diaryl/α,β-unsaturated/α-hetero) is 3. The van der Waals surface area contributed by atoms with Gasteiger partial charge in [0, 0.05) is 28.4 Å². The molecule has 36 heavy (non-hydrogen) atoms. The lowest BCUT2D eigenvalue weighted by atomic mass is 9.48. The van der Waals surface area contributed by atoms with Gasteiger partial charge in [0.25, 0.3) is 0 Å². The molecule has 0 heterocycles. The fraction of sp³-hybridized carbons (Fsp3) is 0.483. The standard InChI is InChI=1S/C29H34O7/c1-13(2)15-9-17(26(4,5)6)22(32)20-16(15)10-27(7)12-28(8)11-18(31)19(14(3)30)24(34)29(28,36)25(35)21(27)23(20)33/h9,31-32,35-36H,1,10-12H2,2-8H3/t27-,28+,29+/m0/s1. The number of phenolic OH excluding ortho intramolecular Hbond substituents is 1. The third kappa shape index (κ3) is 3.11. The molecule has 0 aliphatic heterocycles. The number of hydrogen-bond donors (Lipinski definition) is 4. The van der Waals surface area contributed by atoms with Crippen LogP contribution in [-0.2, 0) is 21.4 Å². The fourth-order valence-electron chi connectivity index (χ4n) is 6.68. The van der Waals surface area contributed by atoms with Gasteiger partial charge in [-0.1, -0.05) is 46.8 Å². The monoisotopic (exact) mass is 494 g/mol. The van der Waals surface area contributed by atoms with Crippen LogP contribution in [0.25, 0.3) is 5.57 Å². The maximum absolute atomic E-state index is 14.1. The van der Waals surface area contributed by atoms with E-state index in [1.54, 1.807) is 13.8 Å². The summed E-state index contributed by atoms with van der Waals surface area (Å²) in [6, 6.07) is 1.85. The molecule has 3 aliphatic rings. The zero-order chi connectivity index (χ0) is 27.3. The number of carbonyl (C=O) groups excluding carboxylic acids is 3. The number of allylic oxidation sites excluding steroid dienone is 3. The molecule has 0 aromatic heterocycles. The Morgan fingerprint density at radius 3 is 2.14 bits per heavy atom. The SMILES string of the molecule is C=C(C)c1cc(C(C)(C)C)c(O)c2c1C[C@@]1(C)C[C@@]3(C)CC(O)=C(C(C)=O)C(=O)[C@@]3(O)C(O)=C1C2=O. The lowest BCUT2D eigenvalue weighted by Gasteiger charge is -2.56. The van der Waals surface area contributed by atoms with Crippen molar-refractivity contribution in [2.24, 2.45) is 10.8 Å². The molecule has 7 nitrogen and oxygen atoms in total. The first kappa shape index (κ1) is 25.9. The van der Waals surface area contributed by atoms with Gasteiger partial charge in [-0.05, 0) is 49.3 Å². The van der Waals surface area contributed by atoms with Crippen LogP contribution in [0.5, 0.6) is 5.75 Å². The van der Waals surface area contributed by atoms with Gasteiger partial charge in [0.1, 0.15) is 22.8 Å². The summed E-state index contributed by atoms with van der Waals surface area (Å²) < 4.78 is 0. The summed E-state index contributed by atoms with van der Waals surface area (Å²) in [6.45, 7) is 16.0. The van der Waals surface area contributed by atoms with E-state index in [1.165, 1.54) is 0 Å². The molecule has 4 N–H and O–H groups in total. The predicted molar refractivity (Wildman–Crippen MR) is 135 cm³/mol. The van der Waals surface area contributed by atoms with Crippen molar-refractivity contribution in [1.29, 1.82) is 0 Å². The highest BCUT2D eigenvalue weighted by Gasteiger charge is 2.67. The Balaban J connectivity index is 2.07. The number of carbonyl (C=O) groups is 3. The summed E-state index contributed by atoms with van der Waals surface area (Å²) in [5.41, 5.74) is -3.62. The van der Waals surface area contributed by atoms with Crippen LogP contribution in [0.3, 0.4) is 0 Å². The van der Waals surface area contributed by atoms with Crippen LogP contribution in [0.15, 0.2) is 35.3 Å². The van der Waals surface area contributed by atoms with E-state index >= 15 is 0 Å². The Kier molecular flexibility index (Phi) is 5.33. The van der Waals surface area contributed by atoms with Crippen LogP contribution in [0.2, 0.25) is 0 Å². The minimum absolute atomic E-state index is 0.0279. The number of fused-ring (bicyclic) bond motifs is 3. The Morgan fingerprint density at radius 2 is 1.64 bits per heavy atom. The van der Waals surface area contributed by atoms with E-state index in [0.29, 0.717) is 16.7 Å². The van der Waals surface area contributed by atoms with Gasteiger partial charge in [0.05, 0.1) is 5.56 Å². The van der Waals surface area contributed by atoms with E-state index in [1.807, 2.05) is 33.8 Å². The molecule has 0 saturated carbocycles. The number of rotatable bonds is 2. The highest BCUT2D eigenvalue weighted by atomic mass is 16.3. The number of aliphatic hydroxyl groups excluding tert-OH is 2. The van der Waals surface area contributed by atoms with Crippen molar-refractivity contribution >= 4 is 22.9 Å². The number of aromatic hydroxyl groups is 1. The number of ketones is 3. The Hall–Kier alpha value is -3.19. The molecular weight excluding hydrogens is 460 g/mol. The second-order valence-corrected chi connectivity index (χ2v) is 12.3. The number of benzene rings is 1. The maximum Gasteiger partial charge on any atom is 0.209 e. The summed E-state index contributed by atoms with van der Waals surface area (Å²) >= 11 is 0. The Morgan fingerprint density at radius 1 is 1.06 bits per heavy atom. The predicted octanol–water partition coefficient (Wildman–Crippen LogP) is 4.80. The van der Waals surface area contributed by atoms with Crippen molar-refractivity contribution in [2.45, 2.75) is 78.7 Å². The zero-order valence-electron chi connectivity index (χ0n) is 21.9. The van der Waals surface area contributed by atoms with Crippen molar-refractivity contribution in [3.05, 3.63) is 57.6 Å². The minimum Gasteiger partial charge on any atom is -0.511 e. The van der Waals surface area contributed by atoms with Gasteiger partial charge in [-0.25, -0.2) is 0 Å². The van der Waals surface area contributed by atoms with Gasteiger partial charge in [0.15, 0.2) is 17.2 Å². The molecule has 3 atom stereocenters. The molecule has 0 amide bonds. The van der Waals surface area contributed by atoms with Crippen LogP contribution in [0, 0.1) is 10.8 Å². The number of phenols is 1. The highest BCUT2D eigenvalue weighted by molar-refractivity contribution is 6.25. The molecule has 4 rings (SSSR count). The highest BCUT2D eigenvalue weighted by Crippen LogP contribution is 2.62. The van der Waals surface area contributed by atoms with Crippen LogP contribution < -0.4 is 0 Å². The normalized spacial score (nSPS) is 30.1. The smallest absolute Gasteiger partial charge is 0.209 e. The molecule has 1 aromatic rings. The van der Waals surface area contributed by atoms with E-state index in [4.69, 9.17) is 0 Å². The largest absolute Gasteiger partial charge is 0.511 e. The van der Waals surface area contributed by atoms with Gasteiger partial charge in [-0.2, -0.15) is 0 Å². The summed E-state index contributed by atoms with van der Waals surface area (Å²) in [4.78, 5) is 39.7. The van der Waals surface area contributed by atoms with Crippen molar-refractivity contribution in [3.8, 4) is 5.75 Å². The Bertz CT molecular complexity index is 1350. The van der Waals surface area contributed by atoms with Crippen LogP contribution in [-0.4, -0.2) is 43.4 Å². The van der Waals surface area contributed by atoms with Gasteiger partial charge in [-0.15, -0.1) is 0 Å². The first-order valence-corrected chi connectivity index (χ1v) is 12.1. The lowest BCUT2D eigenvalue weighted by molar-refractivity contribution is -0.158. The average molecular weight is 495 g/mol. The molecule has 0 spiro atoms. The number of hydrogen-bond acceptors (Lipinski definition) is 7. The van der Waals surface area contributed by atoms with E-state index in [0.717, 1.165) is 12.5 Å². The minimum atomic E-state index is -2.57. The van der Waals surface area contributed by atoms with E-state index in [2.05, 4.69) is 6.58 Å². The van der Waals surface area contributed by atoms with E-state index < -0.39 is 56.3 Å². The molecule has 0 fully saturated rings. The second kappa shape index (κ2) is 7.42. The summed E-state index contributed by atoms with van der Waals surface area (Å²) in [7, 11) is 0. The topological polar surface area (TPSA) is 132 Å². The second-order valence-electron chi connectivity index (χ2n) is 12.3. The third-order valence-corrected chi connectivity index (χ3v) is 8.29. The summed E-state index contributed by atoms with van der Waals surface area (Å²) in [5, 5.41) is 45.1. The summed E-state index contributed by atoms with van der Waals surface area (Å²) in [6.07, 6.45) is 0.0801. The van der Waals surface area contributed by atoms with Gasteiger partial charge >= 0.3 is 0 Å². The molecule has 3 aliphatic carbocycles. The molecule has 7 heteroatoms. The maximum atomic E-state index is 14.1. The fourth-order valence-corrected chi connectivity index (χ4v) is 6.68. The lowest BCUT2D eigenvalue weighted by Crippen LogP contribution is -2.63. The van der Waals surface area contributed by atoms with Gasteiger partial charge in [0.2, 0.25) is 5.78 Å². The van der Waals surface area contributed by atoms with Crippen molar-refractivity contribution in [1.82, 2.24) is 0 Å². The van der Waals surface area contributed by atoms with Crippen molar-refractivity contribution in [2.75, 3.05) is 0 Å². The zero-order valence-corrected chi connectivity index (χ0v) is 21.9. The van der Waals surface area contributed by atoms with E-state index in [9.17, 15) is 34.8 Å². The molecule has 0 unspecified atom stereocenters. The molecule has 1 aromatic carbocycles. The quantitative estimate of drug-likeness (QED) is 0.434. The van der Waals surface area contributed by atoms with Crippen LogP contribution >= 0.6 is 0 Å². The molecule has 0 radical (unpaired) electrons. The number of aliphatic hydroxyl groups is 3. The van der Waals surface area contributed by atoms with E-state index in [-0.39, 0.29) is 36.1 Å². The summed E-state index contributed by atoms with van der Waals surface area (Å²) in [5.74, 6) is -3.98.